The fraction of sp³-hybridized carbons (Fsp3) is 0.588. The fourth-order valence-electron chi connectivity index (χ4n) is 2.69. The van der Waals surface area contributed by atoms with Gasteiger partial charge < -0.3 is 20.1 Å². The highest BCUT2D eigenvalue weighted by molar-refractivity contribution is 5.74. The first kappa shape index (κ1) is 16.6. The van der Waals surface area contributed by atoms with Crippen molar-refractivity contribution in [1.82, 2.24) is 10.2 Å². The summed E-state index contributed by atoms with van der Waals surface area (Å²) in [5.41, 5.74) is 1.28. The number of rotatable bonds is 6. The summed E-state index contributed by atoms with van der Waals surface area (Å²) in [6.45, 7) is 1.88. The van der Waals surface area contributed by atoms with Crippen LogP contribution in [0.3, 0.4) is 0 Å². The molecule has 0 aliphatic carbocycles. The van der Waals surface area contributed by atoms with Crippen molar-refractivity contribution in [2.24, 2.45) is 0 Å². The van der Waals surface area contributed by atoms with Gasteiger partial charge in [-0.2, -0.15) is 0 Å². The average Bonchev–Trinajstić information content (AvgIpc) is 2.55. The lowest BCUT2D eigenvalue weighted by Crippen LogP contribution is -2.47. The summed E-state index contributed by atoms with van der Waals surface area (Å²) < 4.78 is 5.13. The smallest absolute Gasteiger partial charge is 0.317 e. The van der Waals surface area contributed by atoms with Crippen LogP contribution in [0.25, 0.3) is 0 Å². The molecule has 122 valence electrons. The lowest BCUT2D eigenvalue weighted by molar-refractivity contribution is 0.0843. The molecule has 0 radical (unpaired) electrons. The molecular weight excluding hydrogens is 280 g/mol. The SMILES string of the molecule is COc1ccc(CCCCNC(=O)N2CCC[C@@H](O)C2)cc1. The summed E-state index contributed by atoms with van der Waals surface area (Å²) in [6.07, 6.45) is 4.30. The predicted octanol–water partition coefficient (Wildman–Crippen LogP) is 2.18. The maximum atomic E-state index is 11.9. The van der Waals surface area contributed by atoms with E-state index in [1.807, 2.05) is 12.1 Å². The lowest BCUT2D eigenvalue weighted by Gasteiger charge is -2.30. The number of methoxy groups -OCH3 is 1. The van der Waals surface area contributed by atoms with Crippen molar-refractivity contribution >= 4 is 6.03 Å². The zero-order chi connectivity index (χ0) is 15.8. The maximum absolute atomic E-state index is 11.9. The van der Waals surface area contributed by atoms with Crippen molar-refractivity contribution in [2.45, 2.75) is 38.2 Å². The number of carbonyl (C=O) groups excluding carboxylic acids is 1. The normalized spacial score (nSPS) is 18.1. The molecular formula is C17H26N2O3. The molecule has 1 saturated heterocycles. The summed E-state index contributed by atoms with van der Waals surface area (Å²) >= 11 is 0. The molecule has 1 aromatic carbocycles. The number of nitrogens with one attached hydrogen (secondary N) is 1. The molecule has 1 heterocycles. The Morgan fingerprint density at radius 2 is 2.14 bits per heavy atom. The number of amides is 2. The van der Waals surface area contributed by atoms with Crippen LogP contribution < -0.4 is 10.1 Å². The summed E-state index contributed by atoms with van der Waals surface area (Å²) in [4.78, 5) is 13.6. The number of hydrogen-bond acceptors (Lipinski definition) is 3. The zero-order valence-corrected chi connectivity index (χ0v) is 13.3. The van der Waals surface area contributed by atoms with Crippen molar-refractivity contribution < 1.29 is 14.6 Å². The molecule has 0 aromatic heterocycles. The van der Waals surface area contributed by atoms with Crippen molar-refractivity contribution in [1.29, 1.82) is 0 Å². The number of aliphatic hydroxyl groups excluding tert-OH is 1. The molecule has 5 heteroatoms. The molecule has 22 heavy (non-hydrogen) atoms. The van der Waals surface area contributed by atoms with E-state index in [0.717, 1.165) is 44.4 Å². The minimum Gasteiger partial charge on any atom is -0.497 e. The largest absolute Gasteiger partial charge is 0.497 e. The van der Waals surface area contributed by atoms with Crippen LogP contribution in [0.2, 0.25) is 0 Å². The zero-order valence-electron chi connectivity index (χ0n) is 13.3. The van der Waals surface area contributed by atoms with E-state index in [0.29, 0.717) is 13.1 Å². The Balaban J connectivity index is 1.59. The average molecular weight is 306 g/mol. The molecule has 0 saturated carbocycles. The second-order valence-electron chi connectivity index (χ2n) is 5.78. The van der Waals surface area contributed by atoms with E-state index < -0.39 is 0 Å². The second-order valence-corrected chi connectivity index (χ2v) is 5.78. The number of β-amino-alcohol motifs (C(OH)–C–C–N with tert-alkyl or cyclic N) is 1. The molecule has 0 spiro atoms. The molecule has 2 N–H and O–H groups in total. The third-order valence-corrected chi connectivity index (χ3v) is 4.01. The summed E-state index contributed by atoms with van der Waals surface area (Å²) in [7, 11) is 1.67. The highest BCUT2D eigenvalue weighted by atomic mass is 16.5. The molecule has 0 unspecified atom stereocenters. The van der Waals surface area contributed by atoms with E-state index in [4.69, 9.17) is 4.74 Å². The van der Waals surface area contributed by atoms with E-state index >= 15 is 0 Å². The molecule has 2 amide bonds. The first-order valence-corrected chi connectivity index (χ1v) is 8.03. The van der Waals surface area contributed by atoms with Crippen molar-refractivity contribution in [3.05, 3.63) is 29.8 Å². The summed E-state index contributed by atoms with van der Waals surface area (Å²) in [5.74, 6) is 0.875. The number of likely N-dealkylation sites (tertiary alicyclic amines) is 1. The Hall–Kier alpha value is -1.75. The van der Waals surface area contributed by atoms with Gasteiger partial charge in [-0.15, -0.1) is 0 Å². The van der Waals surface area contributed by atoms with E-state index in [9.17, 15) is 9.90 Å². The van der Waals surface area contributed by atoms with Crippen LogP contribution in [0, 0.1) is 0 Å². The van der Waals surface area contributed by atoms with Crippen LogP contribution in [0.15, 0.2) is 24.3 Å². The van der Waals surface area contributed by atoms with E-state index in [1.54, 1.807) is 12.0 Å². The number of urea groups is 1. The Kier molecular flexibility index (Phi) is 6.52. The molecule has 1 atom stereocenters. The van der Waals surface area contributed by atoms with Crippen molar-refractivity contribution in [3.8, 4) is 5.75 Å². The van der Waals surface area contributed by atoms with Gasteiger partial charge in [0.2, 0.25) is 0 Å². The third kappa shape index (κ3) is 5.22. The number of unbranched alkanes of at least 4 members (excludes halogenated alkanes) is 1. The number of piperidine rings is 1. The Bertz CT molecular complexity index is 461. The van der Waals surface area contributed by atoms with Crippen LogP contribution in [0.1, 0.15) is 31.2 Å². The van der Waals surface area contributed by atoms with E-state index in [1.165, 1.54) is 5.56 Å². The topological polar surface area (TPSA) is 61.8 Å². The molecule has 1 aromatic rings. The van der Waals surface area contributed by atoms with Crippen LogP contribution in [-0.2, 0) is 6.42 Å². The first-order chi connectivity index (χ1) is 10.7. The summed E-state index contributed by atoms with van der Waals surface area (Å²) in [5, 5.41) is 12.5. The van der Waals surface area contributed by atoms with Crippen LogP contribution in [0.4, 0.5) is 4.79 Å². The monoisotopic (exact) mass is 306 g/mol. The molecule has 1 aliphatic heterocycles. The van der Waals surface area contributed by atoms with Gasteiger partial charge >= 0.3 is 6.03 Å². The number of carbonyl (C=O) groups is 1. The highest BCUT2D eigenvalue weighted by Gasteiger charge is 2.21. The molecule has 1 fully saturated rings. The maximum Gasteiger partial charge on any atom is 0.317 e. The molecule has 1 aliphatic rings. The number of aryl methyl sites for hydroxylation is 1. The van der Waals surface area contributed by atoms with Crippen molar-refractivity contribution in [2.75, 3.05) is 26.7 Å². The summed E-state index contributed by atoms with van der Waals surface area (Å²) in [6, 6.07) is 8.04. The molecule has 0 bridgehead atoms. The number of aliphatic hydroxyl groups is 1. The first-order valence-electron chi connectivity index (χ1n) is 8.03. The minimum atomic E-state index is -0.366. The Morgan fingerprint density at radius 3 is 2.82 bits per heavy atom. The minimum absolute atomic E-state index is 0.0526. The number of benzene rings is 1. The number of nitrogens with zero attached hydrogens (tertiary/aromatic N) is 1. The third-order valence-electron chi connectivity index (χ3n) is 4.01. The van der Waals surface area contributed by atoms with Gasteiger partial charge in [0.15, 0.2) is 0 Å². The van der Waals surface area contributed by atoms with Gasteiger partial charge in [0.05, 0.1) is 13.2 Å². The van der Waals surface area contributed by atoms with Gasteiger partial charge in [0, 0.05) is 19.6 Å². The van der Waals surface area contributed by atoms with Gasteiger partial charge in [-0.25, -0.2) is 4.79 Å². The Morgan fingerprint density at radius 1 is 1.36 bits per heavy atom. The van der Waals surface area contributed by atoms with Crippen LogP contribution >= 0.6 is 0 Å². The van der Waals surface area contributed by atoms with Gasteiger partial charge in [0.1, 0.15) is 5.75 Å². The van der Waals surface area contributed by atoms with Crippen LogP contribution in [0.5, 0.6) is 5.75 Å². The van der Waals surface area contributed by atoms with Gasteiger partial charge in [-0.3, -0.25) is 0 Å². The quantitative estimate of drug-likeness (QED) is 0.792. The van der Waals surface area contributed by atoms with Crippen molar-refractivity contribution in [3.63, 3.8) is 0 Å². The standard InChI is InChI=1S/C17H26N2O3/c1-22-16-9-7-14(8-10-16)5-2-3-11-18-17(21)19-12-4-6-15(20)13-19/h7-10,15,20H,2-6,11-13H2,1H3,(H,18,21)/t15-/m1/s1. The van der Waals surface area contributed by atoms with Crippen LogP contribution in [-0.4, -0.2) is 48.9 Å². The fourth-order valence-corrected chi connectivity index (χ4v) is 2.69. The van der Waals surface area contributed by atoms with Gasteiger partial charge in [-0.05, 0) is 49.8 Å². The van der Waals surface area contributed by atoms with E-state index in [2.05, 4.69) is 17.4 Å². The highest BCUT2D eigenvalue weighted by Crippen LogP contribution is 2.13. The number of hydrogen-bond donors (Lipinski definition) is 2. The lowest BCUT2D eigenvalue weighted by atomic mass is 10.1. The molecule has 5 nitrogen and oxygen atoms in total. The second kappa shape index (κ2) is 8.63. The Labute approximate surface area is 132 Å². The van der Waals surface area contributed by atoms with Gasteiger partial charge in [0.25, 0.3) is 0 Å². The predicted molar refractivity (Wildman–Crippen MR) is 86.1 cm³/mol. The molecule has 2 rings (SSSR count). The van der Waals surface area contributed by atoms with E-state index in [-0.39, 0.29) is 12.1 Å². The number of ether oxygens (including phenoxy) is 1. The van der Waals surface area contributed by atoms with Gasteiger partial charge in [-0.1, -0.05) is 12.1 Å².